The zero-order chi connectivity index (χ0) is 22.8. The van der Waals surface area contributed by atoms with E-state index in [2.05, 4.69) is 10.4 Å². The Bertz CT molecular complexity index is 1030. The number of ether oxygens (including phenoxy) is 1. The fraction of sp³-hybridized carbons (Fsp3) is 0.400. The maximum Gasteiger partial charge on any atom is 0.413 e. The number of carboxylic acids is 1. The summed E-state index contributed by atoms with van der Waals surface area (Å²) in [6, 6.07) is 4.39. The van der Waals surface area contributed by atoms with Gasteiger partial charge in [-0.2, -0.15) is 10.4 Å². The number of benzene rings is 1. The van der Waals surface area contributed by atoms with Crippen LogP contribution in [0.1, 0.15) is 51.8 Å². The topological polar surface area (TPSA) is 117 Å². The first-order valence-corrected chi connectivity index (χ1v) is 9.45. The van der Waals surface area contributed by atoms with Gasteiger partial charge in [-0.15, -0.1) is 0 Å². The Balaban J connectivity index is 2.60. The van der Waals surface area contributed by atoms with Crippen LogP contribution in [0.25, 0.3) is 11.3 Å². The SMILES string of the molecule is CC(C)n1nc(-c2ccc(CC(=O)O)c(F)c2Cl)c(C#N)c1NC(=O)OC(C)(C)C. The van der Waals surface area contributed by atoms with Crippen LogP contribution in [0.15, 0.2) is 12.1 Å². The zero-order valence-corrected chi connectivity index (χ0v) is 18.0. The van der Waals surface area contributed by atoms with Gasteiger partial charge in [0.2, 0.25) is 0 Å². The summed E-state index contributed by atoms with van der Waals surface area (Å²) in [5.74, 6) is -2.02. The monoisotopic (exact) mass is 436 g/mol. The number of halogens is 2. The van der Waals surface area contributed by atoms with Crippen LogP contribution in [0.4, 0.5) is 15.0 Å². The summed E-state index contributed by atoms with van der Waals surface area (Å²) in [5, 5.41) is 25.1. The van der Waals surface area contributed by atoms with Gasteiger partial charge in [-0.05, 0) is 34.6 Å². The quantitative estimate of drug-likeness (QED) is 0.697. The molecule has 0 aliphatic carbocycles. The molecule has 0 radical (unpaired) electrons. The number of aromatic nitrogens is 2. The minimum atomic E-state index is -1.21. The largest absolute Gasteiger partial charge is 0.481 e. The smallest absolute Gasteiger partial charge is 0.413 e. The van der Waals surface area contributed by atoms with E-state index >= 15 is 0 Å². The van der Waals surface area contributed by atoms with E-state index in [0.717, 1.165) is 0 Å². The van der Waals surface area contributed by atoms with Gasteiger partial charge in [0.15, 0.2) is 5.82 Å². The Morgan fingerprint density at radius 1 is 1.40 bits per heavy atom. The van der Waals surface area contributed by atoms with Crippen molar-refractivity contribution in [2.75, 3.05) is 5.32 Å². The number of carboxylic acid groups (broad SMARTS) is 1. The Hall–Kier alpha value is -3.12. The number of carbonyl (C=O) groups excluding carboxylic acids is 1. The molecule has 0 fully saturated rings. The number of anilines is 1. The van der Waals surface area contributed by atoms with E-state index in [1.807, 2.05) is 6.07 Å². The van der Waals surface area contributed by atoms with Crippen molar-refractivity contribution in [2.45, 2.75) is 52.7 Å². The number of hydrogen-bond donors (Lipinski definition) is 2. The number of nitrogens with one attached hydrogen (secondary N) is 1. The van der Waals surface area contributed by atoms with Crippen molar-refractivity contribution in [3.63, 3.8) is 0 Å². The number of carbonyl (C=O) groups is 2. The summed E-state index contributed by atoms with van der Waals surface area (Å²) < 4.78 is 21.2. The normalized spacial score (nSPS) is 11.3. The third-order valence-corrected chi connectivity index (χ3v) is 4.26. The lowest BCUT2D eigenvalue weighted by Crippen LogP contribution is -2.28. The Morgan fingerprint density at radius 2 is 2.03 bits per heavy atom. The molecule has 2 rings (SSSR count). The number of aliphatic carboxylic acids is 1. The maximum atomic E-state index is 14.6. The van der Waals surface area contributed by atoms with Crippen LogP contribution in [0, 0.1) is 17.1 Å². The molecular formula is C20H22ClFN4O4. The number of hydrogen-bond acceptors (Lipinski definition) is 5. The molecule has 10 heteroatoms. The summed E-state index contributed by atoms with van der Waals surface area (Å²) in [7, 11) is 0. The fourth-order valence-electron chi connectivity index (χ4n) is 2.69. The second-order valence-corrected chi connectivity index (χ2v) is 8.20. The molecule has 30 heavy (non-hydrogen) atoms. The Kier molecular flexibility index (Phi) is 6.73. The highest BCUT2D eigenvalue weighted by Crippen LogP contribution is 2.36. The Morgan fingerprint density at radius 3 is 2.53 bits per heavy atom. The summed E-state index contributed by atoms with van der Waals surface area (Å²) >= 11 is 6.14. The van der Waals surface area contributed by atoms with Crippen molar-refractivity contribution in [1.82, 2.24) is 9.78 Å². The summed E-state index contributed by atoms with van der Waals surface area (Å²) in [4.78, 5) is 23.2. The lowest BCUT2D eigenvalue weighted by atomic mass is 10.0. The molecule has 2 aromatic rings. The van der Waals surface area contributed by atoms with E-state index in [9.17, 15) is 19.2 Å². The molecule has 2 N–H and O–H groups in total. The first kappa shape index (κ1) is 23.2. The second-order valence-electron chi connectivity index (χ2n) is 7.82. The minimum absolute atomic E-state index is 0.0261. The highest BCUT2D eigenvalue weighted by Gasteiger charge is 2.27. The predicted octanol–water partition coefficient (Wildman–Crippen LogP) is 4.77. The second kappa shape index (κ2) is 8.71. The molecule has 0 aliphatic rings. The van der Waals surface area contributed by atoms with Crippen LogP contribution in [0.5, 0.6) is 0 Å². The molecule has 0 bridgehead atoms. The van der Waals surface area contributed by atoms with Gasteiger partial charge in [0.05, 0.1) is 11.4 Å². The summed E-state index contributed by atoms with van der Waals surface area (Å²) in [6.07, 6.45) is -1.32. The van der Waals surface area contributed by atoms with E-state index in [1.54, 1.807) is 34.6 Å². The van der Waals surface area contributed by atoms with E-state index in [0.29, 0.717) is 0 Å². The number of rotatable bonds is 5. The van der Waals surface area contributed by atoms with Gasteiger partial charge in [0.1, 0.15) is 28.7 Å². The predicted molar refractivity (Wildman–Crippen MR) is 109 cm³/mol. The van der Waals surface area contributed by atoms with Crippen molar-refractivity contribution in [3.8, 4) is 17.3 Å². The summed E-state index contributed by atoms with van der Waals surface area (Å²) in [5.41, 5.74) is -0.712. The molecule has 1 heterocycles. The summed E-state index contributed by atoms with van der Waals surface area (Å²) in [6.45, 7) is 8.67. The third kappa shape index (κ3) is 5.07. The van der Waals surface area contributed by atoms with Crippen LogP contribution in [0.2, 0.25) is 5.02 Å². The van der Waals surface area contributed by atoms with Crippen LogP contribution < -0.4 is 5.32 Å². The van der Waals surface area contributed by atoms with Crippen molar-refractivity contribution >= 4 is 29.5 Å². The molecule has 0 aliphatic heterocycles. The molecule has 0 saturated carbocycles. The standard InChI is InChI=1S/C20H22ClFN4O4/c1-10(2)26-18(24-19(29)30-20(3,4)5)13(9-23)17(25-26)12-7-6-11(8-14(27)28)16(22)15(12)21/h6-7,10H,8H2,1-5H3,(H,24,29)(H,27,28). The number of nitrogens with zero attached hydrogens (tertiary/aromatic N) is 3. The first-order valence-electron chi connectivity index (χ1n) is 9.07. The zero-order valence-electron chi connectivity index (χ0n) is 17.2. The van der Waals surface area contributed by atoms with Gasteiger partial charge >= 0.3 is 12.1 Å². The van der Waals surface area contributed by atoms with Crippen LogP contribution in [0.3, 0.4) is 0 Å². The third-order valence-electron chi connectivity index (χ3n) is 3.89. The van der Waals surface area contributed by atoms with Crippen LogP contribution in [-0.4, -0.2) is 32.6 Å². The van der Waals surface area contributed by atoms with E-state index in [4.69, 9.17) is 21.4 Å². The number of amides is 1. The lowest BCUT2D eigenvalue weighted by molar-refractivity contribution is -0.136. The number of nitriles is 1. The molecule has 0 saturated heterocycles. The van der Waals surface area contributed by atoms with Crippen molar-refractivity contribution < 1.29 is 23.8 Å². The van der Waals surface area contributed by atoms with Gasteiger partial charge in [-0.1, -0.05) is 23.7 Å². The van der Waals surface area contributed by atoms with Crippen molar-refractivity contribution in [2.24, 2.45) is 0 Å². The molecule has 8 nitrogen and oxygen atoms in total. The molecule has 0 atom stereocenters. The minimum Gasteiger partial charge on any atom is -0.481 e. The molecule has 0 unspecified atom stereocenters. The molecule has 0 spiro atoms. The molecule has 160 valence electrons. The van der Waals surface area contributed by atoms with Gasteiger partial charge in [-0.25, -0.2) is 13.9 Å². The molecule has 1 amide bonds. The van der Waals surface area contributed by atoms with Gasteiger partial charge < -0.3 is 9.84 Å². The average molecular weight is 437 g/mol. The van der Waals surface area contributed by atoms with Gasteiger partial charge in [0, 0.05) is 17.2 Å². The van der Waals surface area contributed by atoms with Crippen LogP contribution in [-0.2, 0) is 16.0 Å². The molecule has 1 aromatic heterocycles. The average Bonchev–Trinajstić information content (AvgIpc) is 2.95. The van der Waals surface area contributed by atoms with Crippen LogP contribution >= 0.6 is 11.6 Å². The highest BCUT2D eigenvalue weighted by atomic mass is 35.5. The Labute approximate surface area is 178 Å². The van der Waals surface area contributed by atoms with Gasteiger partial charge in [0.25, 0.3) is 0 Å². The first-order chi connectivity index (χ1) is 13.9. The molecular weight excluding hydrogens is 415 g/mol. The van der Waals surface area contributed by atoms with E-state index in [1.165, 1.54) is 16.8 Å². The fourth-order valence-corrected chi connectivity index (χ4v) is 2.97. The van der Waals surface area contributed by atoms with E-state index in [-0.39, 0.29) is 39.3 Å². The van der Waals surface area contributed by atoms with Crippen molar-refractivity contribution in [1.29, 1.82) is 5.26 Å². The maximum absolute atomic E-state index is 14.6. The lowest BCUT2D eigenvalue weighted by Gasteiger charge is -2.20. The van der Waals surface area contributed by atoms with Crippen molar-refractivity contribution in [3.05, 3.63) is 34.1 Å². The highest BCUT2D eigenvalue weighted by molar-refractivity contribution is 6.33. The van der Waals surface area contributed by atoms with E-state index < -0.39 is 29.9 Å². The molecule has 1 aromatic carbocycles. The van der Waals surface area contributed by atoms with Gasteiger partial charge in [-0.3, -0.25) is 10.1 Å².